The van der Waals surface area contributed by atoms with Crippen molar-refractivity contribution in [2.45, 2.75) is 63.6 Å². The number of phenols is 2. The fourth-order valence-electron chi connectivity index (χ4n) is 3.99. The van der Waals surface area contributed by atoms with Crippen molar-refractivity contribution in [3.8, 4) is 11.5 Å². The van der Waals surface area contributed by atoms with Crippen LogP contribution < -0.4 is 5.73 Å². The van der Waals surface area contributed by atoms with Crippen LogP contribution in [0.4, 0.5) is 0 Å². The van der Waals surface area contributed by atoms with E-state index >= 15 is 0 Å². The summed E-state index contributed by atoms with van der Waals surface area (Å²) in [6, 6.07) is 3.34. The molecule has 4 nitrogen and oxygen atoms in total. The molecule has 0 aromatic heterocycles. The van der Waals surface area contributed by atoms with Gasteiger partial charge in [0.25, 0.3) is 0 Å². The summed E-state index contributed by atoms with van der Waals surface area (Å²) in [5, 5.41) is 19.9. The molecule has 0 amide bonds. The Kier molecular flexibility index (Phi) is 4.89. The highest BCUT2D eigenvalue weighted by atomic mass is 16.5. The highest BCUT2D eigenvalue weighted by Crippen LogP contribution is 2.41. The minimum absolute atomic E-state index is 0.00177. The van der Waals surface area contributed by atoms with Crippen LogP contribution in [0.15, 0.2) is 12.1 Å². The molecule has 0 radical (unpaired) electrons. The van der Waals surface area contributed by atoms with Gasteiger partial charge in [-0.05, 0) is 30.4 Å². The Morgan fingerprint density at radius 1 is 1.09 bits per heavy atom. The van der Waals surface area contributed by atoms with E-state index in [4.69, 9.17) is 10.5 Å². The number of nitrogens with two attached hydrogens (primary N) is 1. The van der Waals surface area contributed by atoms with Crippen LogP contribution in [0.25, 0.3) is 0 Å². The first-order valence-corrected chi connectivity index (χ1v) is 8.58. The third-order valence-electron chi connectivity index (χ3n) is 5.27. The quantitative estimate of drug-likeness (QED) is 0.745. The average molecular weight is 305 g/mol. The summed E-state index contributed by atoms with van der Waals surface area (Å²) >= 11 is 0. The van der Waals surface area contributed by atoms with Gasteiger partial charge in [-0.25, -0.2) is 0 Å². The molecule has 22 heavy (non-hydrogen) atoms. The van der Waals surface area contributed by atoms with Gasteiger partial charge in [-0.1, -0.05) is 38.2 Å². The smallest absolute Gasteiger partial charge is 0.161 e. The van der Waals surface area contributed by atoms with Crippen LogP contribution in [0.1, 0.15) is 62.2 Å². The van der Waals surface area contributed by atoms with Crippen LogP contribution in [0, 0.1) is 5.92 Å². The molecule has 1 aromatic carbocycles. The Balaban J connectivity index is 1.68. The number of ether oxygens (including phenoxy) is 1. The number of hydrogen-bond acceptors (Lipinski definition) is 4. The molecule has 2 unspecified atom stereocenters. The largest absolute Gasteiger partial charge is 0.504 e. The standard InChI is InChI=1S/C18H27NO3/c19-11-17-14-8-9-16(20)18(21)15(14)10-13(22-17)7-6-12-4-2-1-3-5-12/h8-9,12-13,17,20-21H,1-7,10-11,19H2. The van der Waals surface area contributed by atoms with Crippen LogP contribution in [0.3, 0.4) is 0 Å². The Bertz CT molecular complexity index is 511. The lowest BCUT2D eigenvalue weighted by atomic mass is 9.84. The molecule has 1 aliphatic carbocycles. The number of rotatable bonds is 4. The van der Waals surface area contributed by atoms with E-state index < -0.39 is 0 Å². The third-order valence-corrected chi connectivity index (χ3v) is 5.27. The third kappa shape index (κ3) is 3.23. The first-order valence-electron chi connectivity index (χ1n) is 8.58. The summed E-state index contributed by atoms with van der Waals surface area (Å²) in [6.07, 6.45) is 9.57. The maximum atomic E-state index is 10.1. The van der Waals surface area contributed by atoms with Crippen molar-refractivity contribution >= 4 is 0 Å². The van der Waals surface area contributed by atoms with Gasteiger partial charge in [0, 0.05) is 18.5 Å². The lowest BCUT2D eigenvalue weighted by Crippen LogP contribution is -2.30. The van der Waals surface area contributed by atoms with Crippen LogP contribution in [-0.4, -0.2) is 22.9 Å². The van der Waals surface area contributed by atoms with Gasteiger partial charge in [0.15, 0.2) is 11.5 Å². The van der Waals surface area contributed by atoms with Crippen molar-refractivity contribution in [3.05, 3.63) is 23.3 Å². The molecule has 1 fully saturated rings. The van der Waals surface area contributed by atoms with Crippen molar-refractivity contribution < 1.29 is 14.9 Å². The molecule has 0 bridgehead atoms. The fraction of sp³-hybridized carbons (Fsp3) is 0.667. The van der Waals surface area contributed by atoms with E-state index in [0.717, 1.165) is 23.5 Å². The van der Waals surface area contributed by atoms with E-state index in [1.165, 1.54) is 44.6 Å². The molecular formula is C18H27NO3. The topological polar surface area (TPSA) is 75.7 Å². The summed E-state index contributed by atoms with van der Waals surface area (Å²) in [5.74, 6) is 0.775. The van der Waals surface area contributed by atoms with Crippen molar-refractivity contribution in [1.29, 1.82) is 0 Å². The lowest BCUT2D eigenvalue weighted by Gasteiger charge is -2.33. The number of phenolic OH excluding ortho intramolecular Hbond substituents is 2. The molecule has 4 N–H and O–H groups in total. The molecule has 122 valence electrons. The van der Waals surface area contributed by atoms with E-state index in [1.807, 2.05) is 6.07 Å². The summed E-state index contributed by atoms with van der Waals surface area (Å²) in [4.78, 5) is 0. The zero-order chi connectivity index (χ0) is 15.5. The Labute approximate surface area is 132 Å². The predicted molar refractivity (Wildman–Crippen MR) is 86.0 cm³/mol. The van der Waals surface area contributed by atoms with E-state index in [2.05, 4.69) is 0 Å². The maximum Gasteiger partial charge on any atom is 0.161 e. The first-order chi connectivity index (χ1) is 10.7. The number of benzene rings is 1. The van der Waals surface area contributed by atoms with Gasteiger partial charge in [-0.3, -0.25) is 0 Å². The van der Waals surface area contributed by atoms with Crippen molar-refractivity contribution in [1.82, 2.24) is 0 Å². The molecule has 0 spiro atoms. The highest BCUT2D eigenvalue weighted by molar-refractivity contribution is 5.50. The Morgan fingerprint density at radius 2 is 1.86 bits per heavy atom. The molecule has 2 aliphatic rings. The van der Waals surface area contributed by atoms with E-state index in [1.54, 1.807) is 0 Å². The summed E-state index contributed by atoms with van der Waals surface area (Å²) in [7, 11) is 0. The predicted octanol–water partition coefficient (Wildman–Crippen LogP) is 3.40. The fourth-order valence-corrected chi connectivity index (χ4v) is 3.99. The van der Waals surface area contributed by atoms with Crippen LogP contribution in [0.2, 0.25) is 0 Å². The van der Waals surface area contributed by atoms with Gasteiger partial charge in [0.2, 0.25) is 0 Å². The molecule has 1 aliphatic heterocycles. The zero-order valence-electron chi connectivity index (χ0n) is 13.1. The molecule has 4 heteroatoms. The maximum absolute atomic E-state index is 10.1. The summed E-state index contributed by atoms with van der Waals surface area (Å²) in [5.41, 5.74) is 7.58. The molecule has 1 saturated carbocycles. The monoisotopic (exact) mass is 305 g/mol. The lowest BCUT2D eigenvalue weighted by molar-refractivity contribution is -0.0286. The van der Waals surface area contributed by atoms with E-state index in [0.29, 0.717) is 13.0 Å². The number of aromatic hydroxyl groups is 2. The highest BCUT2D eigenvalue weighted by Gasteiger charge is 2.30. The van der Waals surface area contributed by atoms with Crippen molar-refractivity contribution in [3.63, 3.8) is 0 Å². The second-order valence-corrected chi connectivity index (χ2v) is 6.77. The SMILES string of the molecule is NCC1OC(CCC2CCCCC2)Cc2c1ccc(O)c2O. The van der Waals surface area contributed by atoms with Crippen molar-refractivity contribution in [2.24, 2.45) is 11.7 Å². The molecular weight excluding hydrogens is 278 g/mol. The van der Waals surface area contributed by atoms with E-state index in [-0.39, 0.29) is 23.7 Å². The van der Waals surface area contributed by atoms with Gasteiger partial charge in [0.05, 0.1) is 12.2 Å². The zero-order valence-corrected chi connectivity index (χ0v) is 13.1. The minimum atomic E-state index is -0.174. The first kappa shape index (κ1) is 15.6. The second-order valence-electron chi connectivity index (χ2n) is 6.77. The average Bonchev–Trinajstić information content (AvgIpc) is 2.57. The van der Waals surface area contributed by atoms with Crippen molar-refractivity contribution in [2.75, 3.05) is 6.54 Å². The Hall–Kier alpha value is -1.26. The number of fused-ring (bicyclic) bond motifs is 1. The number of hydrogen-bond donors (Lipinski definition) is 3. The van der Waals surface area contributed by atoms with Gasteiger partial charge >= 0.3 is 0 Å². The normalized spacial score (nSPS) is 25.9. The summed E-state index contributed by atoms with van der Waals surface area (Å²) in [6.45, 7) is 0.400. The molecule has 1 heterocycles. The molecule has 3 rings (SSSR count). The van der Waals surface area contributed by atoms with Gasteiger partial charge < -0.3 is 20.7 Å². The van der Waals surface area contributed by atoms with Gasteiger partial charge in [-0.15, -0.1) is 0 Å². The van der Waals surface area contributed by atoms with Crippen LogP contribution >= 0.6 is 0 Å². The molecule has 1 aromatic rings. The van der Waals surface area contributed by atoms with Gasteiger partial charge in [-0.2, -0.15) is 0 Å². The Morgan fingerprint density at radius 3 is 2.59 bits per heavy atom. The molecule has 0 saturated heterocycles. The minimum Gasteiger partial charge on any atom is -0.504 e. The second kappa shape index (κ2) is 6.88. The van der Waals surface area contributed by atoms with Crippen LogP contribution in [-0.2, 0) is 11.2 Å². The molecule has 2 atom stereocenters. The van der Waals surface area contributed by atoms with Gasteiger partial charge in [0.1, 0.15) is 0 Å². The van der Waals surface area contributed by atoms with E-state index in [9.17, 15) is 10.2 Å². The summed E-state index contributed by atoms with van der Waals surface area (Å²) < 4.78 is 6.13. The van der Waals surface area contributed by atoms with Crippen LogP contribution in [0.5, 0.6) is 11.5 Å².